The van der Waals surface area contributed by atoms with E-state index < -0.39 is 37.3 Å². The first-order valence-electron chi connectivity index (χ1n) is 10.2. The molecule has 12 nitrogen and oxygen atoms in total. The van der Waals surface area contributed by atoms with Gasteiger partial charge >= 0.3 is 17.1 Å². The number of hydrogen-bond acceptors (Lipinski definition) is 9. The van der Waals surface area contributed by atoms with E-state index in [9.17, 15) is 15.3 Å². The van der Waals surface area contributed by atoms with Crippen molar-refractivity contribution < 1.29 is 47.0 Å². The Morgan fingerprint density at radius 3 is 2.29 bits per heavy atom. The van der Waals surface area contributed by atoms with Gasteiger partial charge in [-0.1, -0.05) is 10.3 Å². The molecule has 2 heterocycles. The molecular formula is C21H26FeN6O6+2. The molecule has 1 aliphatic heterocycles. The molecule has 3 fully saturated rings. The maximum absolute atomic E-state index is 9.89. The molecule has 4 rings (SSSR count). The number of aromatic nitrogens is 3. The standard InChI is InChI=1S/C15H20N3O6.C6H6N3.Fe/c19-7-11-12(20)13(21)14(22)15(24-11)23-8-10-6-18(17-16-10)5-9-3-1-2-4-9;7-9-8-5-6-3-1-2-4-6;/h1-4,6,11-15,19-22H,5,7-8H2;1-4H,5H2;/q;;+2/t11-,12-,13+,14+,15+;;/m1../s1. The van der Waals surface area contributed by atoms with Crippen LogP contribution in [0.5, 0.6) is 0 Å². The second kappa shape index (κ2) is 15.0. The molecule has 1 aromatic rings. The largest absolute Gasteiger partial charge is 2.00 e. The van der Waals surface area contributed by atoms with Crippen molar-refractivity contribution in [3.05, 3.63) is 85.5 Å². The van der Waals surface area contributed by atoms with E-state index in [1.54, 1.807) is 10.9 Å². The maximum Gasteiger partial charge on any atom is 2.00 e. The van der Waals surface area contributed by atoms with E-state index >= 15 is 0 Å². The van der Waals surface area contributed by atoms with Crippen LogP contribution in [0.2, 0.25) is 0 Å². The van der Waals surface area contributed by atoms with E-state index in [4.69, 9.17) is 20.1 Å². The van der Waals surface area contributed by atoms with Gasteiger partial charge in [0.2, 0.25) is 0 Å². The molecule has 5 atom stereocenters. The van der Waals surface area contributed by atoms with Crippen molar-refractivity contribution in [3.8, 4) is 0 Å². The maximum atomic E-state index is 9.89. The Morgan fingerprint density at radius 2 is 1.68 bits per heavy atom. The van der Waals surface area contributed by atoms with Crippen LogP contribution in [0.4, 0.5) is 0 Å². The monoisotopic (exact) mass is 514 g/mol. The van der Waals surface area contributed by atoms with Crippen molar-refractivity contribution in [1.29, 1.82) is 0 Å². The van der Waals surface area contributed by atoms with E-state index in [2.05, 4.69) is 20.3 Å². The van der Waals surface area contributed by atoms with Crippen molar-refractivity contribution in [3.63, 3.8) is 0 Å². The molecule has 0 spiro atoms. The van der Waals surface area contributed by atoms with Crippen LogP contribution in [0.25, 0.3) is 10.4 Å². The SMILES string of the molecule is OC[C@H]1O[C@H](OCc2cn(C[C]3[CH][CH][CH][CH]3)nn2)[C@@H](O)[C@@H](O)[C@@H]1O.[Fe+2].[N-]=[N+]=NC[C]1[CH][CH][CH][CH]1. The van der Waals surface area contributed by atoms with Gasteiger partial charge in [-0.15, -0.1) is 5.10 Å². The van der Waals surface area contributed by atoms with Crippen LogP contribution in [-0.2, 0) is 39.7 Å². The Balaban J connectivity index is 0.000000345. The van der Waals surface area contributed by atoms with Crippen molar-refractivity contribution in [2.75, 3.05) is 13.2 Å². The fourth-order valence-corrected chi connectivity index (χ4v) is 3.19. The van der Waals surface area contributed by atoms with Gasteiger partial charge in [0.1, 0.15) is 30.1 Å². The van der Waals surface area contributed by atoms with Crippen LogP contribution in [0.3, 0.4) is 0 Å². The number of ether oxygens (including phenoxy) is 2. The number of aliphatic hydroxyl groups is 4. The summed E-state index contributed by atoms with van der Waals surface area (Å²) in [6, 6.07) is 0. The molecule has 1 aromatic heterocycles. The van der Waals surface area contributed by atoms with Gasteiger partial charge in [-0.2, -0.15) is 0 Å². The average molecular weight is 514 g/mol. The molecule has 0 unspecified atom stereocenters. The smallest absolute Gasteiger partial charge is 0.394 e. The molecular weight excluding hydrogens is 488 g/mol. The molecule has 182 valence electrons. The van der Waals surface area contributed by atoms with Crippen LogP contribution in [0.15, 0.2) is 11.3 Å². The Kier molecular flexibility index (Phi) is 12.8. The third-order valence-corrected chi connectivity index (χ3v) is 4.95. The van der Waals surface area contributed by atoms with Crippen LogP contribution in [-0.4, -0.2) is 79.3 Å². The summed E-state index contributed by atoms with van der Waals surface area (Å²) in [4.78, 5) is 2.64. The molecule has 13 heteroatoms. The summed E-state index contributed by atoms with van der Waals surface area (Å²) in [7, 11) is 0. The summed E-state index contributed by atoms with van der Waals surface area (Å²) in [6.45, 7) is 0.549. The second-order valence-corrected chi connectivity index (χ2v) is 7.39. The Labute approximate surface area is 209 Å². The van der Waals surface area contributed by atoms with E-state index in [0.29, 0.717) is 18.8 Å². The molecule has 2 aliphatic carbocycles. The number of nitrogens with zero attached hydrogens (tertiary/aromatic N) is 6. The molecule has 10 radical (unpaired) electrons. The Hall–Kier alpha value is -1.27. The molecule has 0 bridgehead atoms. The van der Waals surface area contributed by atoms with E-state index in [1.165, 1.54) is 0 Å². The van der Waals surface area contributed by atoms with Crippen LogP contribution < -0.4 is 0 Å². The minimum Gasteiger partial charge on any atom is -0.394 e. The second-order valence-electron chi connectivity index (χ2n) is 7.39. The van der Waals surface area contributed by atoms with Gasteiger partial charge in [-0.3, -0.25) is 4.68 Å². The molecule has 1 saturated heterocycles. The summed E-state index contributed by atoms with van der Waals surface area (Å²) in [5.41, 5.74) is 8.45. The van der Waals surface area contributed by atoms with Crippen LogP contribution in [0, 0.1) is 63.2 Å². The molecule has 0 amide bonds. The summed E-state index contributed by atoms with van der Waals surface area (Å²) < 4.78 is 12.3. The fraction of sp³-hybridized carbons (Fsp3) is 0.429. The number of hydrogen-bond donors (Lipinski definition) is 4. The molecule has 0 aromatic carbocycles. The molecule has 34 heavy (non-hydrogen) atoms. The molecule has 2 saturated carbocycles. The topological polar surface area (TPSA) is 179 Å². The Bertz CT molecular complexity index is 752. The van der Waals surface area contributed by atoms with Crippen molar-refractivity contribution >= 4 is 0 Å². The van der Waals surface area contributed by atoms with E-state index in [0.717, 1.165) is 11.8 Å². The van der Waals surface area contributed by atoms with Gasteiger partial charge < -0.3 is 29.9 Å². The predicted molar refractivity (Wildman–Crippen MR) is 113 cm³/mol. The average Bonchev–Trinajstić information content (AvgIpc) is 3.60. The van der Waals surface area contributed by atoms with Gasteiger partial charge in [0.15, 0.2) is 6.29 Å². The first-order chi connectivity index (χ1) is 16.0. The summed E-state index contributed by atoms with van der Waals surface area (Å²) in [5.74, 6) is 2.16. The van der Waals surface area contributed by atoms with E-state index in [1.807, 2.05) is 51.4 Å². The zero-order valence-corrected chi connectivity index (χ0v) is 19.2. The minimum atomic E-state index is -1.46. The number of rotatable bonds is 8. The van der Waals surface area contributed by atoms with Crippen LogP contribution >= 0.6 is 0 Å². The van der Waals surface area contributed by atoms with Crippen molar-refractivity contribution in [2.45, 2.75) is 43.9 Å². The third-order valence-electron chi connectivity index (χ3n) is 4.95. The zero-order valence-electron chi connectivity index (χ0n) is 18.1. The van der Waals surface area contributed by atoms with Crippen molar-refractivity contribution in [1.82, 2.24) is 15.0 Å². The fourth-order valence-electron chi connectivity index (χ4n) is 3.19. The van der Waals surface area contributed by atoms with Gasteiger partial charge in [0.25, 0.3) is 0 Å². The van der Waals surface area contributed by atoms with Gasteiger partial charge in [0.05, 0.1) is 19.4 Å². The summed E-state index contributed by atoms with van der Waals surface area (Å²) >= 11 is 0. The minimum absolute atomic E-state index is 0. The first kappa shape index (κ1) is 29.0. The van der Waals surface area contributed by atoms with Gasteiger partial charge in [-0.05, 0) is 62.8 Å². The van der Waals surface area contributed by atoms with Gasteiger partial charge in [0, 0.05) is 23.9 Å². The zero-order chi connectivity index (χ0) is 23.6. The molecule has 4 N–H and O–H groups in total. The Morgan fingerprint density at radius 1 is 1.03 bits per heavy atom. The normalized spacial score (nSPS) is 29.7. The van der Waals surface area contributed by atoms with Crippen LogP contribution in [0.1, 0.15) is 5.69 Å². The summed E-state index contributed by atoms with van der Waals surface area (Å²) in [6.07, 6.45) is 10.8. The first-order valence-corrected chi connectivity index (χ1v) is 10.2. The number of aliphatic hydroxyl groups excluding tert-OH is 4. The van der Waals surface area contributed by atoms with E-state index in [-0.39, 0.29) is 23.7 Å². The quantitative estimate of drug-likeness (QED) is 0.158. The predicted octanol–water partition coefficient (Wildman–Crippen LogP) is -0.301. The van der Waals surface area contributed by atoms with Gasteiger partial charge in [-0.25, -0.2) is 0 Å². The number of azide groups is 1. The van der Waals surface area contributed by atoms with Crippen molar-refractivity contribution in [2.24, 2.45) is 5.11 Å². The third kappa shape index (κ3) is 8.44. The summed E-state index contributed by atoms with van der Waals surface area (Å²) in [5, 5.41) is 49.8. The molecule has 3 aliphatic rings.